The first-order valence-corrected chi connectivity index (χ1v) is 3.41. The molecule has 0 nitrogen and oxygen atoms in total. The summed E-state index contributed by atoms with van der Waals surface area (Å²) in [5.41, 5.74) is 0. The normalized spacial score (nSPS) is 6.60. The summed E-state index contributed by atoms with van der Waals surface area (Å²) in [6, 6.07) is 0. The van der Waals surface area contributed by atoms with E-state index in [2.05, 4.69) is 13.8 Å². The number of rotatable bonds is 4. The van der Waals surface area contributed by atoms with Crippen molar-refractivity contribution in [1.82, 2.24) is 0 Å². The molecule has 60 valence electrons. The average Bonchev–Trinajstić information content (AvgIpc) is 1.69. The van der Waals surface area contributed by atoms with Crippen LogP contribution in [0.4, 0.5) is 0 Å². The molecule has 0 aromatic carbocycles. The molecule has 0 saturated heterocycles. The van der Waals surface area contributed by atoms with E-state index < -0.39 is 0 Å². The molecule has 0 rings (SSSR count). The van der Waals surface area contributed by atoms with Gasteiger partial charge >= 0.3 is 23.1 Å². The molecular formula is C7H16Cl2Mg. The van der Waals surface area contributed by atoms with Gasteiger partial charge in [-0.1, -0.05) is 46.0 Å². The summed E-state index contributed by atoms with van der Waals surface area (Å²) >= 11 is 0. The van der Waals surface area contributed by atoms with E-state index in [0.717, 1.165) is 0 Å². The summed E-state index contributed by atoms with van der Waals surface area (Å²) < 4.78 is 0. The topological polar surface area (TPSA) is 0 Å². The van der Waals surface area contributed by atoms with Crippen LogP contribution in [0.2, 0.25) is 0 Å². The van der Waals surface area contributed by atoms with Crippen LogP contribution >= 0.6 is 0 Å². The van der Waals surface area contributed by atoms with Crippen molar-refractivity contribution in [3.8, 4) is 0 Å². The third-order valence-electron chi connectivity index (χ3n) is 1.21. The minimum Gasteiger partial charge on any atom is -1.00 e. The maximum atomic E-state index is 2.25. The van der Waals surface area contributed by atoms with E-state index in [1.807, 2.05) is 0 Å². The Morgan fingerprint density at radius 3 is 1.20 bits per heavy atom. The van der Waals surface area contributed by atoms with Gasteiger partial charge in [-0.05, 0) is 0 Å². The molecule has 0 N–H and O–H groups in total. The Balaban J connectivity index is -0.0000000600. The zero-order valence-corrected chi connectivity index (χ0v) is 9.92. The number of unbranched alkanes of at least 4 members (excludes halogenated alkanes) is 4. The molecule has 0 spiro atoms. The van der Waals surface area contributed by atoms with E-state index in [-0.39, 0.29) is 47.9 Å². The number of halogens is 2. The Morgan fingerprint density at radius 2 is 1.00 bits per heavy atom. The van der Waals surface area contributed by atoms with Gasteiger partial charge in [0, 0.05) is 0 Å². The molecule has 0 radical (unpaired) electrons. The largest absolute Gasteiger partial charge is 2.00 e. The Bertz CT molecular complexity index is 30.8. The quantitative estimate of drug-likeness (QED) is 0.324. The standard InChI is InChI=1S/C7H16.2ClH.Mg/c1-3-5-7-6-4-2;;;/h3-7H2,1-2H3;2*1H;/q;;;+2/p-2. The van der Waals surface area contributed by atoms with E-state index in [1.54, 1.807) is 0 Å². The van der Waals surface area contributed by atoms with E-state index in [1.165, 1.54) is 32.1 Å². The first-order chi connectivity index (χ1) is 3.41. The minimum atomic E-state index is 0. The summed E-state index contributed by atoms with van der Waals surface area (Å²) in [4.78, 5) is 0. The molecule has 0 amide bonds. The molecule has 3 heteroatoms. The second kappa shape index (κ2) is 22.4. The second-order valence-electron chi connectivity index (χ2n) is 2.06. The fourth-order valence-corrected chi connectivity index (χ4v) is 0.677. The van der Waals surface area contributed by atoms with Crippen molar-refractivity contribution >= 4 is 23.1 Å². The van der Waals surface area contributed by atoms with Gasteiger partial charge in [0.2, 0.25) is 0 Å². The second-order valence-corrected chi connectivity index (χ2v) is 2.06. The summed E-state index contributed by atoms with van der Waals surface area (Å²) in [5, 5.41) is 0. The van der Waals surface area contributed by atoms with Crippen LogP contribution < -0.4 is 24.8 Å². The molecule has 0 saturated carbocycles. The van der Waals surface area contributed by atoms with Gasteiger partial charge in [-0.2, -0.15) is 0 Å². The average molecular weight is 195 g/mol. The van der Waals surface area contributed by atoms with E-state index in [0.29, 0.717) is 0 Å². The molecule has 0 heterocycles. The predicted octanol–water partition coefficient (Wildman–Crippen LogP) is -3.40. The van der Waals surface area contributed by atoms with Crippen molar-refractivity contribution in [2.24, 2.45) is 0 Å². The Morgan fingerprint density at radius 1 is 0.700 bits per heavy atom. The Kier molecular flexibility index (Phi) is 50.5. The van der Waals surface area contributed by atoms with E-state index >= 15 is 0 Å². The van der Waals surface area contributed by atoms with Gasteiger partial charge in [0.1, 0.15) is 0 Å². The van der Waals surface area contributed by atoms with Gasteiger partial charge in [-0.15, -0.1) is 0 Å². The van der Waals surface area contributed by atoms with Gasteiger partial charge in [-0.25, -0.2) is 0 Å². The maximum absolute atomic E-state index is 2.25. The Labute approximate surface area is 93.5 Å². The van der Waals surface area contributed by atoms with Crippen LogP contribution in [0.5, 0.6) is 0 Å². The molecular weight excluding hydrogens is 179 g/mol. The zero-order chi connectivity index (χ0) is 5.54. The molecule has 0 aliphatic rings. The van der Waals surface area contributed by atoms with Crippen LogP contribution in [0.25, 0.3) is 0 Å². The van der Waals surface area contributed by atoms with E-state index in [9.17, 15) is 0 Å². The molecule has 0 bridgehead atoms. The van der Waals surface area contributed by atoms with Crippen LogP contribution in [0.3, 0.4) is 0 Å². The van der Waals surface area contributed by atoms with Crippen LogP contribution in [-0.2, 0) is 0 Å². The first kappa shape index (κ1) is 22.5. The van der Waals surface area contributed by atoms with Crippen molar-refractivity contribution in [3.05, 3.63) is 0 Å². The summed E-state index contributed by atoms with van der Waals surface area (Å²) in [7, 11) is 0. The zero-order valence-electron chi connectivity index (χ0n) is 7.00. The third-order valence-corrected chi connectivity index (χ3v) is 1.21. The van der Waals surface area contributed by atoms with Gasteiger partial charge in [0.15, 0.2) is 0 Å². The predicted molar refractivity (Wildman–Crippen MR) is 40.2 cm³/mol. The molecule has 0 aromatic rings. The monoisotopic (exact) mass is 194 g/mol. The molecule has 0 unspecified atom stereocenters. The van der Waals surface area contributed by atoms with Crippen LogP contribution in [0.15, 0.2) is 0 Å². The fraction of sp³-hybridized carbons (Fsp3) is 1.00. The number of hydrogen-bond acceptors (Lipinski definition) is 0. The van der Waals surface area contributed by atoms with Crippen molar-refractivity contribution in [2.45, 2.75) is 46.0 Å². The van der Waals surface area contributed by atoms with Crippen molar-refractivity contribution in [1.29, 1.82) is 0 Å². The first-order valence-electron chi connectivity index (χ1n) is 3.41. The van der Waals surface area contributed by atoms with Gasteiger partial charge in [-0.3, -0.25) is 0 Å². The summed E-state index contributed by atoms with van der Waals surface area (Å²) in [6.45, 7) is 4.49. The SMILES string of the molecule is CCCCCCC.[Cl-].[Cl-].[Mg+2]. The molecule has 0 aliphatic heterocycles. The van der Waals surface area contributed by atoms with Crippen LogP contribution in [0, 0.1) is 0 Å². The van der Waals surface area contributed by atoms with Crippen molar-refractivity contribution < 1.29 is 24.8 Å². The fourth-order valence-electron chi connectivity index (χ4n) is 0.677. The third kappa shape index (κ3) is 22.8. The molecule has 0 fully saturated rings. The van der Waals surface area contributed by atoms with Crippen LogP contribution in [0.1, 0.15) is 46.0 Å². The molecule has 0 atom stereocenters. The van der Waals surface area contributed by atoms with Gasteiger partial charge in [0.05, 0.1) is 0 Å². The number of hydrogen-bond donors (Lipinski definition) is 0. The van der Waals surface area contributed by atoms with Gasteiger partial charge in [0.25, 0.3) is 0 Å². The molecule has 10 heavy (non-hydrogen) atoms. The van der Waals surface area contributed by atoms with E-state index in [4.69, 9.17) is 0 Å². The van der Waals surface area contributed by atoms with Crippen molar-refractivity contribution in [3.63, 3.8) is 0 Å². The van der Waals surface area contributed by atoms with Gasteiger partial charge < -0.3 is 24.8 Å². The van der Waals surface area contributed by atoms with Crippen LogP contribution in [-0.4, -0.2) is 23.1 Å². The molecule has 0 aliphatic carbocycles. The maximum Gasteiger partial charge on any atom is 2.00 e. The summed E-state index contributed by atoms with van der Waals surface area (Å²) in [6.07, 6.45) is 7.01. The Hall–Kier alpha value is 1.35. The van der Waals surface area contributed by atoms with Crippen molar-refractivity contribution in [2.75, 3.05) is 0 Å². The smallest absolute Gasteiger partial charge is 1.00 e. The minimum absolute atomic E-state index is 0. The summed E-state index contributed by atoms with van der Waals surface area (Å²) in [5.74, 6) is 0. The molecule has 0 aromatic heterocycles.